The van der Waals surface area contributed by atoms with Crippen molar-refractivity contribution in [1.82, 2.24) is 10.3 Å². The Morgan fingerprint density at radius 3 is 2.78 bits per heavy atom. The van der Waals surface area contributed by atoms with Crippen LogP contribution in [0.3, 0.4) is 0 Å². The fraction of sp³-hybridized carbons (Fsp3) is 0.583. The van der Waals surface area contributed by atoms with E-state index in [1.54, 1.807) is 0 Å². The van der Waals surface area contributed by atoms with E-state index in [0.717, 1.165) is 17.8 Å². The first-order valence-electron chi connectivity index (χ1n) is 5.96. The number of rotatable bonds is 7. The maximum Gasteiger partial charge on any atom is 0.326 e. The van der Waals surface area contributed by atoms with E-state index >= 15 is 0 Å². The topological polar surface area (TPSA) is 79.3 Å². The number of carboxylic acids is 1. The fourth-order valence-electron chi connectivity index (χ4n) is 1.56. The van der Waals surface area contributed by atoms with Gasteiger partial charge in [0.1, 0.15) is 6.04 Å². The van der Waals surface area contributed by atoms with Crippen molar-refractivity contribution in [1.29, 1.82) is 0 Å². The molecule has 0 aromatic carbocycles. The maximum absolute atomic E-state index is 11.7. The van der Waals surface area contributed by atoms with Gasteiger partial charge in [-0.3, -0.25) is 4.79 Å². The Balaban J connectivity index is 2.48. The zero-order valence-corrected chi connectivity index (χ0v) is 11.4. The Morgan fingerprint density at radius 2 is 2.28 bits per heavy atom. The molecule has 2 N–H and O–H groups in total. The summed E-state index contributed by atoms with van der Waals surface area (Å²) in [7, 11) is 0. The number of carbonyl (C=O) groups is 2. The number of hydrogen-bond donors (Lipinski definition) is 2. The van der Waals surface area contributed by atoms with E-state index in [9.17, 15) is 9.59 Å². The largest absolute Gasteiger partial charge is 0.480 e. The molecule has 0 radical (unpaired) electrons. The third-order valence-corrected chi connectivity index (χ3v) is 3.31. The molecule has 0 saturated carbocycles. The van der Waals surface area contributed by atoms with Crippen LogP contribution in [-0.4, -0.2) is 28.0 Å². The second-order valence-corrected chi connectivity index (χ2v) is 5.20. The maximum atomic E-state index is 11.7. The molecule has 1 amide bonds. The molecule has 1 heterocycles. The minimum atomic E-state index is -0.980. The Kier molecular flexibility index (Phi) is 5.77. The van der Waals surface area contributed by atoms with Gasteiger partial charge in [0.2, 0.25) is 5.91 Å². The molecule has 5 nitrogen and oxygen atoms in total. The van der Waals surface area contributed by atoms with E-state index in [0.29, 0.717) is 12.1 Å². The number of carboxylic acid groups (broad SMARTS) is 1. The van der Waals surface area contributed by atoms with Gasteiger partial charge < -0.3 is 10.4 Å². The Morgan fingerprint density at radius 1 is 1.56 bits per heavy atom. The highest BCUT2D eigenvalue weighted by molar-refractivity contribution is 7.09. The highest BCUT2D eigenvalue weighted by Gasteiger charge is 2.19. The van der Waals surface area contributed by atoms with Gasteiger partial charge in [-0.15, -0.1) is 11.3 Å². The molecule has 0 aliphatic rings. The van der Waals surface area contributed by atoms with Crippen LogP contribution in [-0.2, 0) is 16.0 Å². The number of aromatic nitrogens is 1. The van der Waals surface area contributed by atoms with Gasteiger partial charge >= 0.3 is 5.97 Å². The third-order valence-electron chi connectivity index (χ3n) is 2.49. The highest BCUT2D eigenvalue weighted by Crippen LogP contribution is 2.08. The Bertz CT molecular complexity index is 417. The molecule has 0 fully saturated rings. The Hall–Kier alpha value is -1.43. The number of carbonyl (C=O) groups excluding carboxylic acids is 1. The van der Waals surface area contributed by atoms with Crippen molar-refractivity contribution in [3.05, 3.63) is 16.1 Å². The molecule has 18 heavy (non-hydrogen) atoms. The summed E-state index contributed by atoms with van der Waals surface area (Å²) in [6.07, 6.45) is 2.30. The molecule has 6 heteroatoms. The quantitative estimate of drug-likeness (QED) is 0.791. The van der Waals surface area contributed by atoms with Crippen LogP contribution in [0.5, 0.6) is 0 Å². The molecule has 100 valence electrons. The first-order chi connectivity index (χ1) is 8.52. The van der Waals surface area contributed by atoms with Crippen LogP contribution in [0.15, 0.2) is 5.38 Å². The molecule has 1 aromatic rings. The summed E-state index contributed by atoms with van der Waals surface area (Å²) >= 11 is 1.48. The SMILES string of the molecule is CCCC[C@H](NC(=O)Cc1csc(C)n1)C(=O)O. The molecule has 1 aromatic heterocycles. The molecular weight excluding hydrogens is 252 g/mol. The summed E-state index contributed by atoms with van der Waals surface area (Å²) in [5.74, 6) is -1.27. The van der Waals surface area contributed by atoms with E-state index in [1.807, 2.05) is 19.2 Å². The second-order valence-electron chi connectivity index (χ2n) is 4.14. The van der Waals surface area contributed by atoms with Gasteiger partial charge in [0.15, 0.2) is 0 Å². The van der Waals surface area contributed by atoms with Gasteiger partial charge in [-0.1, -0.05) is 19.8 Å². The van der Waals surface area contributed by atoms with E-state index in [-0.39, 0.29) is 12.3 Å². The van der Waals surface area contributed by atoms with E-state index in [1.165, 1.54) is 11.3 Å². The van der Waals surface area contributed by atoms with E-state index < -0.39 is 12.0 Å². The van der Waals surface area contributed by atoms with Crippen LogP contribution in [0.25, 0.3) is 0 Å². The summed E-state index contributed by atoms with van der Waals surface area (Å²) in [5.41, 5.74) is 0.689. The normalized spacial score (nSPS) is 12.1. The second kappa shape index (κ2) is 7.10. The number of amides is 1. The molecule has 1 atom stereocenters. The smallest absolute Gasteiger partial charge is 0.326 e. The number of hydrogen-bond acceptors (Lipinski definition) is 4. The van der Waals surface area contributed by atoms with Crippen molar-refractivity contribution >= 4 is 23.2 Å². The van der Waals surface area contributed by atoms with Gasteiger partial charge in [0.25, 0.3) is 0 Å². The summed E-state index contributed by atoms with van der Waals surface area (Å²) < 4.78 is 0. The monoisotopic (exact) mass is 270 g/mol. The zero-order chi connectivity index (χ0) is 13.5. The van der Waals surface area contributed by atoms with Crippen molar-refractivity contribution in [2.75, 3.05) is 0 Å². The first kappa shape index (κ1) is 14.6. The number of aryl methyl sites for hydroxylation is 1. The van der Waals surface area contributed by atoms with Crippen LogP contribution in [0.1, 0.15) is 36.9 Å². The molecule has 0 unspecified atom stereocenters. The lowest BCUT2D eigenvalue weighted by molar-refractivity contribution is -0.142. The fourth-order valence-corrected chi connectivity index (χ4v) is 2.18. The standard InChI is InChI=1S/C12H18N2O3S/c1-3-4-5-10(12(16)17)14-11(15)6-9-7-18-8(2)13-9/h7,10H,3-6H2,1-2H3,(H,14,15)(H,16,17)/t10-/m0/s1. The molecular formula is C12H18N2O3S. The Labute approximate surface area is 110 Å². The molecule has 0 saturated heterocycles. The number of nitrogens with zero attached hydrogens (tertiary/aromatic N) is 1. The molecule has 0 spiro atoms. The summed E-state index contributed by atoms with van der Waals surface area (Å²) in [4.78, 5) is 26.8. The molecule has 1 rings (SSSR count). The number of aliphatic carboxylic acids is 1. The lowest BCUT2D eigenvalue weighted by atomic mass is 10.1. The predicted octanol–water partition coefficient (Wildman–Crippen LogP) is 1.75. The van der Waals surface area contributed by atoms with Gasteiger partial charge in [-0.05, 0) is 13.3 Å². The van der Waals surface area contributed by atoms with Crippen LogP contribution in [0.4, 0.5) is 0 Å². The minimum absolute atomic E-state index is 0.139. The van der Waals surface area contributed by atoms with Crippen LogP contribution in [0, 0.1) is 6.92 Å². The average molecular weight is 270 g/mol. The average Bonchev–Trinajstić information content (AvgIpc) is 2.69. The van der Waals surface area contributed by atoms with Crippen molar-refractivity contribution in [2.45, 2.75) is 45.6 Å². The lowest BCUT2D eigenvalue weighted by Crippen LogP contribution is -2.41. The number of unbranched alkanes of at least 4 members (excludes halogenated alkanes) is 1. The van der Waals surface area contributed by atoms with Crippen molar-refractivity contribution in [3.63, 3.8) is 0 Å². The minimum Gasteiger partial charge on any atom is -0.480 e. The molecule has 0 aliphatic carbocycles. The van der Waals surface area contributed by atoms with Gasteiger partial charge in [0, 0.05) is 5.38 Å². The zero-order valence-electron chi connectivity index (χ0n) is 10.6. The van der Waals surface area contributed by atoms with Crippen LogP contribution < -0.4 is 5.32 Å². The van der Waals surface area contributed by atoms with Crippen molar-refractivity contribution in [2.24, 2.45) is 0 Å². The highest BCUT2D eigenvalue weighted by atomic mass is 32.1. The third kappa shape index (κ3) is 4.83. The summed E-state index contributed by atoms with van der Waals surface area (Å²) in [5, 5.41) is 14.2. The van der Waals surface area contributed by atoms with Crippen LogP contribution in [0.2, 0.25) is 0 Å². The number of thiazole rings is 1. The van der Waals surface area contributed by atoms with Crippen molar-refractivity contribution in [3.8, 4) is 0 Å². The van der Waals surface area contributed by atoms with Crippen LogP contribution >= 0.6 is 11.3 Å². The van der Waals surface area contributed by atoms with Gasteiger partial charge in [-0.2, -0.15) is 0 Å². The van der Waals surface area contributed by atoms with E-state index in [4.69, 9.17) is 5.11 Å². The first-order valence-corrected chi connectivity index (χ1v) is 6.84. The van der Waals surface area contributed by atoms with Gasteiger partial charge in [-0.25, -0.2) is 9.78 Å². The van der Waals surface area contributed by atoms with Gasteiger partial charge in [0.05, 0.1) is 17.1 Å². The number of nitrogens with one attached hydrogen (secondary N) is 1. The molecule has 0 aliphatic heterocycles. The summed E-state index contributed by atoms with van der Waals surface area (Å²) in [6.45, 7) is 3.85. The predicted molar refractivity (Wildman–Crippen MR) is 69.6 cm³/mol. The van der Waals surface area contributed by atoms with Crippen molar-refractivity contribution < 1.29 is 14.7 Å². The lowest BCUT2D eigenvalue weighted by Gasteiger charge is -2.13. The summed E-state index contributed by atoms with van der Waals surface area (Å²) in [6, 6.07) is -0.794. The molecule has 0 bridgehead atoms. The van der Waals surface area contributed by atoms with E-state index in [2.05, 4.69) is 10.3 Å².